The van der Waals surface area contributed by atoms with Gasteiger partial charge < -0.3 is 9.80 Å². The summed E-state index contributed by atoms with van der Waals surface area (Å²) in [6, 6.07) is -0.932. The molecule has 0 aromatic heterocycles. The summed E-state index contributed by atoms with van der Waals surface area (Å²) < 4.78 is 0. The maximum Gasteiger partial charge on any atom is 0.324 e. The highest BCUT2D eigenvalue weighted by atomic mass is 35.5. The molecule has 0 saturated carbocycles. The lowest BCUT2D eigenvalue weighted by Crippen LogP contribution is -2.37. The van der Waals surface area contributed by atoms with Gasteiger partial charge >= 0.3 is 12.1 Å². The minimum atomic E-state index is -0.428. The zero-order chi connectivity index (χ0) is 15.6. The average Bonchev–Trinajstić information content (AvgIpc) is 2.89. The summed E-state index contributed by atoms with van der Waals surface area (Å²) in [5, 5.41) is 4.09. The van der Waals surface area contributed by atoms with Crippen LogP contribution in [-0.4, -0.2) is 64.7 Å². The molecule has 0 aliphatic carbocycles. The fraction of sp³-hybridized carbons (Fsp3) is 0.667. The molecule has 0 bridgehead atoms. The maximum atomic E-state index is 11.5. The number of carbonyl (C=O) groups is 4. The van der Waals surface area contributed by atoms with Crippen LogP contribution in [0.2, 0.25) is 0 Å². The Kier molecular flexibility index (Phi) is 4.66. The van der Waals surface area contributed by atoms with Crippen LogP contribution in [0, 0.1) is 0 Å². The summed E-state index contributed by atoms with van der Waals surface area (Å²) in [5.41, 5.74) is 0. The van der Waals surface area contributed by atoms with Gasteiger partial charge in [-0.15, -0.1) is 11.6 Å². The van der Waals surface area contributed by atoms with E-state index in [1.54, 1.807) is 0 Å². The molecule has 0 radical (unpaired) electrons. The number of halogens is 1. The largest absolute Gasteiger partial charge is 0.324 e. The third-order valence-electron chi connectivity index (χ3n) is 3.54. The number of imide groups is 2. The van der Waals surface area contributed by atoms with Crippen molar-refractivity contribution in [2.75, 3.05) is 19.6 Å². The number of alkyl halides is 1. The van der Waals surface area contributed by atoms with Crippen LogP contribution in [0.3, 0.4) is 0 Å². The Balaban J connectivity index is 1.75. The Morgan fingerprint density at radius 3 is 2.19 bits per heavy atom. The number of carbonyl (C=O) groups excluding carboxylic acids is 4. The lowest BCUT2D eigenvalue weighted by atomic mass is 10.1. The predicted octanol–water partition coefficient (Wildman–Crippen LogP) is -0.134. The van der Waals surface area contributed by atoms with E-state index in [2.05, 4.69) is 10.6 Å². The van der Waals surface area contributed by atoms with Gasteiger partial charge in [-0.05, 0) is 19.8 Å². The first-order chi connectivity index (χ1) is 9.86. The third-order valence-corrected chi connectivity index (χ3v) is 3.89. The molecule has 2 saturated heterocycles. The molecule has 2 heterocycles. The van der Waals surface area contributed by atoms with Crippen molar-refractivity contribution in [1.82, 2.24) is 20.4 Å². The summed E-state index contributed by atoms with van der Waals surface area (Å²) in [5.74, 6) is -0.633. The normalized spacial score (nSPS) is 21.6. The molecular formula is C12H17ClN4O4. The molecule has 0 spiro atoms. The van der Waals surface area contributed by atoms with Crippen LogP contribution in [-0.2, 0) is 9.59 Å². The van der Waals surface area contributed by atoms with E-state index in [4.69, 9.17) is 11.6 Å². The smallest absolute Gasteiger partial charge is 0.314 e. The molecule has 2 fully saturated rings. The molecule has 2 aliphatic heterocycles. The van der Waals surface area contributed by atoms with Gasteiger partial charge in [-0.1, -0.05) is 0 Å². The molecular weight excluding hydrogens is 300 g/mol. The molecule has 2 unspecified atom stereocenters. The molecule has 21 heavy (non-hydrogen) atoms. The van der Waals surface area contributed by atoms with Crippen molar-refractivity contribution in [2.45, 2.75) is 31.2 Å². The first-order valence-corrected chi connectivity index (χ1v) is 7.13. The van der Waals surface area contributed by atoms with Gasteiger partial charge in [0.05, 0.1) is 5.38 Å². The van der Waals surface area contributed by atoms with Gasteiger partial charge in [0.1, 0.15) is 13.1 Å². The molecule has 0 aromatic carbocycles. The first kappa shape index (κ1) is 15.6. The Bertz CT molecular complexity index is 484. The average molecular weight is 317 g/mol. The molecule has 2 N–H and O–H groups in total. The van der Waals surface area contributed by atoms with Gasteiger partial charge in [-0.25, -0.2) is 9.59 Å². The number of rotatable bonds is 6. The summed E-state index contributed by atoms with van der Waals surface area (Å²) in [4.78, 5) is 47.9. The monoisotopic (exact) mass is 316 g/mol. The van der Waals surface area contributed by atoms with Gasteiger partial charge in [-0.2, -0.15) is 0 Å². The number of amides is 6. The second kappa shape index (κ2) is 6.30. The predicted molar refractivity (Wildman–Crippen MR) is 73.7 cm³/mol. The minimum absolute atomic E-state index is 0.0284. The maximum absolute atomic E-state index is 11.5. The molecule has 2 rings (SSSR count). The molecule has 0 aromatic rings. The molecule has 116 valence electrons. The van der Waals surface area contributed by atoms with Crippen molar-refractivity contribution < 1.29 is 19.2 Å². The van der Waals surface area contributed by atoms with E-state index in [0.717, 1.165) is 0 Å². The SMILES string of the molecule is CC(CCC(Cl)CN1CC(=O)NC1=O)N1CC(=O)NC1=O. The second-order valence-electron chi connectivity index (χ2n) is 5.24. The topological polar surface area (TPSA) is 98.8 Å². The summed E-state index contributed by atoms with van der Waals surface area (Å²) in [6.07, 6.45) is 1.18. The number of nitrogens with one attached hydrogen (secondary N) is 2. The van der Waals surface area contributed by atoms with E-state index < -0.39 is 6.03 Å². The molecule has 2 atom stereocenters. The fourth-order valence-electron chi connectivity index (χ4n) is 2.35. The highest BCUT2D eigenvalue weighted by Gasteiger charge is 2.31. The van der Waals surface area contributed by atoms with Crippen LogP contribution in [0.25, 0.3) is 0 Å². The van der Waals surface area contributed by atoms with Gasteiger partial charge in [0, 0.05) is 12.6 Å². The lowest BCUT2D eigenvalue weighted by Gasteiger charge is -2.24. The van der Waals surface area contributed by atoms with Crippen LogP contribution in [0.4, 0.5) is 9.59 Å². The first-order valence-electron chi connectivity index (χ1n) is 6.70. The molecule has 9 heteroatoms. The zero-order valence-corrected chi connectivity index (χ0v) is 12.4. The van der Waals surface area contributed by atoms with Gasteiger partial charge in [0.2, 0.25) is 11.8 Å². The van der Waals surface area contributed by atoms with E-state index in [1.807, 2.05) is 6.92 Å². The van der Waals surface area contributed by atoms with Gasteiger partial charge in [0.25, 0.3) is 0 Å². The van der Waals surface area contributed by atoms with Crippen LogP contribution in [0.1, 0.15) is 19.8 Å². The minimum Gasteiger partial charge on any atom is -0.314 e. The van der Waals surface area contributed by atoms with Crippen molar-refractivity contribution >= 4 is 35.5 Å². The van der Waals surface area contributed by atoms with Crippen LogP contribution < -0.4 is 10.6 Å². The van der Waals surface area contributed by atoms with Crippen LogP contribution in [0.15, 0.2) is 0 Å². The lowest BCUT2D eigenvalue weighted by molar-refractivity contribution is -0.119. The quantitative estimate of drug-likeness (QED) is 0.526. The highest BCUT2D eigenvalue weighted by Crippen LogP contribution is 2.16. The van der Waals surface area contributed by atoms with Crippen molar-refractivity contribution in [3.8, 4) is 0 Å². The van der Waals surface area contributed by atoms with Crippen molar-refractivity contribution in [1.29, 1.82) is 0 Å². The Labute approximate surface area is 126 Å². The van der Waals surface area contributed by atoms with E-state index >= 15 is 0 Å². The van der Waals surface area contributed by atoms with Crippen molar-refractivity contribution in [3.05, 3.63) is 0 Å². The van der Waals surface area contributed by atoms with E-state index in [9.17, 15) is 19.2 Å². The Morgan fingerprint density at radius 2 is 1.67 bits per heavy atom. The Morgan fingerprint density at radius 1 is 1.05 bits per heavy atom. The third kappa shape index (κ3) is 3.84. The number of urea groups is 2. The second-order valence-corrected chi connectivity index (χ2v) is 5.86. The summed E-state index contributed by atoms with van der Waals surface area (Å²) in [7, 11) is 0. The van der Waals surface area contributed by atoms with Crippen molar-refractivity contribution in [2.24, 2.45) is 0 Å². The number of hydrogen-bond acceptors (Lipinski definition) is 4. The fourth-order valence-corrected chi connectivity index (χ4v) is 2.64. The summed E-state index contributed by atoms with van der Waals surface area (Å²) in [6.45, 7) is 2.21. The van der Waals surface area contributed by atoms with Crippen LogP contribution in [0.5, 0.6) is 0 Å². The van der Waals surface area contributed by atoms with E-state index in [-0.39, 0.29) is 48.9 Å². The summed E-state index contributed by atoms with van der Waals surface area (Å²) >= 11 is 6.17. The molecule has 8 nitrogen and oxygen atoms in total. The number of hydrogen-bond donors (Lipinski definition) is 2. The zero-order valence-electron chi connectivity index (χ0n) is 11.6. The Hall–Kier alpha value is -1.83. The molecule has 6 amide bonds. The van der Waals surface area contributed by atoms with Gasteiger partial charge in [0.15, 0.2) is 0 Å². The van der Waals surface area contributed by atoms with E-state index in [1.165, 1.54) is 9.80 Å². The van der Waals surface area contributed by atoms with E-state index in [0.29, 0.717) is 12.8 Å². The molecule has 2 aliphatic rings. The number of nitrogens with zero attached hydrogens (tertiary/aromatic N) is 2. The standard InChI is InChI=1S/C12H17ClN4O4/c1-7(17-6-10(19)15-12(17)21)2-3-8(13)4-16-5-9(18)14-11(16)20/h7-8H,2-6H2,1H3,(H,14,18,20)(H,15,19,21). The van der Waals surface area contributed by atoms with Crippen molar-refractivity contribution in [3.63, 3.8) is 0 Å². The van der Waals surface area contributed by atoms with Gasteiger partial charge in [-0.3, -0.25) is 20.2 Å². The highest BCUT2D eigenvalue weighted by molar-refractivity contribution is 6.21. The van der Waals surface area contributed by atoms with Crippen LogP contribution >= 0.6 is 11.6 Å².